The molecule has 30 heavy (non-hydrogen) atoms. The number of alkyl halides is 3. The smallest absolute Gasteiger partial charge is 0.336 e. The highest BCUT2D eigenvalue weighted by atomic mass is 19.4. The van der Waals surface area contributed by atoms with E-state index in [0.29, 0.717) is 23.6 Å². The molecular formula is C21H24F4N4O. The molecule has 0 radical (unpaired) electrons. The molecule has 4 rings (SSSR count). The lowest BCUT2D eigenvalue weighted by atomic mass is 10.0. The van der Waals surface area contributed by atoms with Crippen LogP contribution in [0.25, 0.3) is 0 Å². The van der Waals surface area contributed by atoms with Crippen LogP contribution in [-0.4, -0.2) is 52.2 Å². The first-order valence-electron chi connectivity index (χ1n) is 10.1. The lowest BCUT2D eigenvalue weighted by Crippen LogP contribution is -2.38. The van der Waals surface area contributed by atoms with Gasteiger partial charge in [-0.25, -0.2) is 4.39 Å². The second-order valence-electron chi connectivity index (χ2n) is 8.24. The van der Waals surface area contributed by atoms with Crippen LogP contribution in [0.4, 0.5) is 17.6 Å². The number of carbonyl (C=O) groups is 1. The first-order chi connectivity index (χ1) is 14.2. The predicted octanol–water partition coefficient (Wildman–Crippen LogP) is 3.32. The Morgan fingerprint density at radius 2 is 1.93 bits per heavy atom. The summed E-state index contributed by atoms with van der Waals surface area (Å²) < 4.78 is 55.1. The lowest BCUT2D eigenvalue weighted by Gasteiger charge is -2.29. The zero-order valence-electron chi connectivity index (χ0n) is 16.8. The molecule has 162 valence electrons. The van der Waals surface area contributed by atoms with E-state index in [1.807, 2.05) is 7.05 Å². The standard InChI is InChI=1S/C21H24F4N4O/c1-27-8-6-15(11-27)10-19(30)28-9-7-17-18(13-28)29(26-20(17)21(23,24)25)12-14-2-4-16(22)5-3-14/h2-5,15H,6-13H2,1H3. The number of benzene rings is 1. The maximum absolute atomic E-state index is 13.5. The zero-order valence-corrected chi connectivity index (χ0v) is 16.8. The van der Waals surface area contributed by atoms with E-state index in [2.05, 4.69) is 10.00 Å². The van der Waals surface area contributed by atoms with Gasteiger partial charge in [0, 0.05) is 25.1 Å². The van der Waals surface area contributed by atoms with Crippen molar-refractivity contribution in [1.29, 1.82) is 0 Å². The van der Waals surface area contributed by atoms with Crippen molar-refractivity contribution >= 4 is 5.91 Å². The number of hydrogen-bond acceptors (Lipinski definition) is 3. The first kappa shape index (κ1) is 20.8. The number of rotatable bonds is 4. The maximum Gasteiger partial charge on any atom is 0.435 e. The predicted molar refractivity (Wildman–Crippen MR) is 102 cm³/mol. The summed E-state index contributed by atoms with van der Waals surface area (Å²) in [5.41, 5.74) is 0.334. The van der Waals surface area contributed by atoms with Gasteiger partial charge >= 0.3 is 6.18 Å². The minimum Gasteiger partial charge on any atom is -0.336 e. The van der Waals surface area contributed by atoms with Crippen LogP contribution in [-0.2, 0) is 30.5 Å². The highest BCUT2D eigenvalue weighted by Gasteiger charge is 2.41. The average molecular weight is 424 g/mol. The highest BCUT2D eigenvalue weighted by molar-refractivity contribution is 5.76. The third-order valence-corrected chi connectivity index (χ3v) is 5.96. The van der Waals surface area contributed by atoms with Gasteiger partial charge in [0.1, 0.15) is 5.82 Å². The molecule has 0 bridgehead atoms. The van der Waals surface area contributed by atoms with E-state index >= 15 is 0 Å². The first-order valence-corrected chi connectivity index (χ1v) is 10.1. The number of nitrogens with zero attached hydrogens (tertiary/aromatic N) is 4. The van der Waals surface area contributed by atoms with Crippen LogP contribution < -0.4 is 0 Å². The molecule has 1 atom stereocenters. The molecule has 5 nitrogen and oxygen atoms in total. The van der Waals surface area contributed by atoms with Crippen molar-refractivity contribution in [3.05, 3.63) is 52.6 Å². The van der Waals surface area contributed by atoms with Gasteiger partial charge in [0.25, 0.3) is 0 Å². The van der Waals surface area contributed by atoms with Crippen LogP contribution in [0.15, 0.2) is 24.3 Å². The number of fused-ring (bicyclic) bond motifs is 1. The Bertz CT molecular complexity index is 922. The molecule has 1 fully saturated rings. The monoisotopic (exact) mass is 424 g/mol. The Kier molecular flexibility index (Phi) is 5.57. The quantitative estimate of drug-likeness (QED) is 0.708. The van der Waals surface area contributed by atoms with Gasteiger partial charge in [-0.15, -0.1) is 0 Å². The molecule has 0 saturated carbocycles. The van der Waals surface area contributed by atoms with Crippen molar-refractivity contribution in [2.24, 2.45) is 5.92 Å². The molecule has 9 heteroatoms. The minimum absolute atomic E-state index is 0.0240. The van der Waals surface area contributed by atoms with Crippen molar-refractivity contribution in [2.45, 2.75) is 38.5 Å². The van der Waals surface area contributed by atoms with Gasteiger partial charge in [-0.3, -0.25) is 9.48 Å². The normalized spacial score (nSPS) is 19.9. The third kappa shape index (κ3) is 4.35. The Morgan fingerprint density at radius 3 is 2.57 bits per heavy atom. The summed E-state index contributed by atoms with van der Waals surface area (Å²) in [6.45, 7) is 2.29. The molecule has 2 aliphatic rings. The molecule has 0 spiro atoms. The summed E-state index contributed by atoms with van der Waals surface area (Å²) in [4.78, 5) is 16.6. The Morgan fingerprint density at radius 1 is 1.20 bits per heavy atom. The molecule has 2 aromatic rings. The van der Waals surface area contributed by atoms with Gasteiger partial charge in [0.2, 0.25) is 5.91 Å². The number of aromatic nitrogens is 2. The summed E-state index contributed by atoms with van der Waals surface area (Å²) in [6.07, 6.45) is -3.05. The average Bonchev–Trinajstić information content (AvgIpc) is 3.26. The van der Waals surface area contributed by atoms with E-state index in [-0.39, 0.29) is 37.5 Å². The minimum atomic E-state index is -4.56. The van der Waals surface area contributed by atoms with Crippen LogP contribution in [0.3, 0.4) is 0 Å². The van der Waals surface area contributed by atoms with Gasteiger partial charge in [-0.1, -0.05) is 12.1 Å². The molecule has 1 aromatic carbocycles. The van der Waals surface area contributed by atoms with Gasteiger partial charge in [-0.2, -0.15) is 18.3 Å². The summed E-state index contributed by atoms with van der Waals surface area (Å²) in [6, 6.07) is 5.59. The van der Waals surface area contributed by atoms with E-state index in [4.69, 9.17) is 0 Å². The molecule has 0 N–H and O–H groups in total. The van der Waals surface area contributed by atoms with Crippen LogP contribution in [0.1, 0.15) is 35.4 Å². The van der Waals surface area contributed by atoms with Crippen molar-refractivity contribution in [3.63, 3.8) is 0 Å². The molecule has 1 aromatic heterocycles. The summed E-state index contributed by atoms with van der Waals surface area (Å²) in [5.74, 6) is -0.144. The molecule has 1 amide bonds. The van der Waals surface area contributed by atoms with Crippen LogP contribution in [0, 0.1) is 11.7 Å². The topological polar surface area (TPSA) is 41.4 Å². The molecule has 1 saturated heterocycles. The number of hydrogen-bond donors (Lipinski definition) is 0. The SMILES string of the molecule is CN1CCC(CC(=O)N2CCc3c(C(F)(F)F)nn(Cc4ccc(F)cc4)c3C2)C1. The molecular weight excluding hydrogens is 400 g/mol. The fourth-order valence-electron chi connectivity index (χ4n) is 4.38. The summed E-state index contributed by atoms with van der Waals surface area (Å²) in [5, 5.41) is 3.84. The van der Waals surface area contributed by atoms with E-state index < -0.39 is 17.7 Å². The van der Waals surface area contributed by atoms with Gasteiger partial charge in [-0.05, 0) is 50.0 Å². The molecule has 2 aliphatic heterocycles. The van der Waals surface area contributed by atoms with Crippen molar-refractivity contribution in [1.82, 2.24) is 19.6 Å². The number of carbonyl (C=O) groups excluding carboxylic acids is 1. The van der Waals surface area contributed by atoms with Crippen molar-refractivity contribution in [2.75, 3.05) is 26.7 Å². The second-order valence-corrected chi connectivity index (χ2v) is 8.24. The van der Waals surface area contributed by atoms with Gasteiger partial charge in [0.15, 0.2) is 5.69 Å². The van der Waals surface area contributed by atoms with E-state index in [0.717, 1.165) is 19.5 Å². The fourth-order valence-corrected chi connectivity index (χ4v) is 4.38. The third-order valence-electron chi connectivity index (χ3n) is 5.96. The Balaban J connectivity index is 1.57. The van der Waals surface area contributed by atoms with E-state index in [1.165, 1.54) is 28.9 Å². The van der Waals surface area contributed by atoms with Crippen molar-refractivity contribution in [3.8, 4) is 0 Å². The fraction of sp³-hybridized carbons (Fsp3) is 0.524. The van der Waals surface area contributed by atoms with Crippen molar-refractivity contribution < 1.29 is 22.4 Å². The van der Waals surface area contributed by atoms with Crippen LogP contribution >= 0.6 is 0 Å². The summed E-state index contributed by atoms with van der Waals surface area (Å²) in [7, 11) is 2.02. The highest BCUT2D eigenvalue weighted by Crippen LogP contribution is 2.35. The van der Waals surface area contributed by atoms with Gasteiger partial charge in [0.05, 0.1) is 18.8 Å². The number of likely N-dealkylation sites (tertiary alicyclic amines) is 1. The van der Waals surface area contributed by atoms with E-state index in [1.54, 1.807) is 4.90 Å². The molecule has 0 aliphatic carbocycles. The number of amides is 1. The Hall–Kier alpha value is -2.42. The van der Waals surface area contributed by atoms with Crippen LogP contribution in [0.5, 0.6) is 0 Å². The molecule has 1 unspecified atom stereocenters. The number of halogens is 4. The molecule has 3 heterocycles. The Labute approximate surface area is 172 Å². The lowest BCUT2D eigenvalue weighted by molar-refractivity contribution is -0.142. The second kappa shape index (κ2) is 8.02. The van der Waals surface area contributed by atoms with E-state index in [9.17, 15) is 22.4 Å². The van der Waals surface area contributed by atoms with Crippen LogP contribution in [0.2, 0.25) is 0 Å². The summed E-state index contributed by atoms with van der Waals surface area (Å²) >= 11 is 0. The zero-order chi connectivity index (χ0) is 21.5. The largest absolute Gasteiger partial charge is 0.435 e. The van der Waals surface area contributed by atoms with Gasteiger partial charge < -0.3 is 9.80 Å². The maximum atomic E-state index is 13.5.